The van der Waals surface area contributed by atoms with Crippen LogP contribution in [-0.4, -0.2) is 38.1 Å². The van der Waals surface area contributed by atoms with E-state index in [4.69, 9.17) is 0 Å². The molecule has 0 aromatic carbocycles. The molecule has 1 saturated carbocycles. The van der Waals surface area contributed by atoms with Gasteiger partial charge in [-0.05, 0) is 64.7 Å². The molecule has 0 spiro atoms. The van der Waals surface area contributed by atoms with Gasteiger partial charge in [0.05, 0.1) is 0 Å². The van der Waals surface area contributed by atoms with Crippen LogP contribution in [0.3, 0.4) is 0 Å². The van der Waals surface area contributed by atoms with E-state index in [9.17, 15) is 0 Å². The van der Waals surface area contributed by atoms with Crippen molar-refractivity contribution in [2.45, 2.75) is 58.4 Å². The Morgan fingerprint density at radius 2 is 2.00 bits per heavy atom. The molecule has 0 radical (unpaired) electrons. The summed E-state index contributed by atoms with van der Waals surface area (Å²) in [5.41, 5.74) is 0.584. The summed E-state index contributed by atoms with van der Waals surface area (Å²) in [7, 11) is 4.34. The standard InChI is InChI=1S/C14H30N2/c1-14(2)9-5-7-13(8-10-14)16(4)12-6-11-15-3/h13,15H,5-12H2,1-4H3. The first-order chi connectivity index (χ1) is 7.55. The molecule has 96 valence electrons. The van der Waals surface area contributed by atoms with Crippen molar-refractivity contribution in [3.05, 3.63) is 0 Å². The highest BCUT2D eigenvalue weighted by Gasteiger charge is 2.25. The second-order valence-corrected chi connectivity index (χ2v) is 6.19. The van der Waals surface area contributed by atoms with Gasteiger partial charge >= 0.3 is 0 Å². The lowest BCUT2D eigenvalue weighted by molar-refractivity contribution is 0.211. The van der Waals surface area contributed by atoms with Crippen molar-refractivity contribution in [1.82, 2.24) is 10.2 Å². The van der Waals surface area contributed by atoms with Gasteiger partial charge in [-0.2, -0.15) is 0 Å². The molecule has 0 heterocycles. The summed E-state index contributed by atoms with van der Waals surface area (Å²) in [6.07, 6.45) is 8.28. The number of nitrogens with one attached hydrogen (secondary N) is 1. The quantitative estimate of drug-likeness (QED) is 0.573. The number of rotatable bonds is 5. The fourth-order valence-electron chi connectivity index (χ4n) is 2.77. The minimum atomic E-state index is 0.584. The van der Waals surface area contributed by atoms with Crippen molar-refractivity contribution in [1.29, 1.82) is 0 Å². The molecular weight excluding hydrogens is 196 g/mol. The first-order valence-corrected chi connectivity index (χ1v) is 6.90. The number of nitrogens with zero attached hydrogens (tertiary/aromatic N) is 1. The van der Waals surface area contributed by atoms with Gasteiger partial charge in [-0.1, -0.05) is 20.3 Å². The zero-order chi connectivity index (χ0) is 12.0. The summed E-state index contributed by atoms with van der Waals surface area (Å²) in [6.45, 7) is 7.24. The number of hydrogen-bond donors (Lipinski definition) is 1. The molecule has 0 saturated heterocycles. The van der Waals surface area contributed by atoms with E-state index in [2.05, 4.69) is 31.1 Å². The predicted molar refractivity (Wildman–Crippen MR) is 71.8 cm³/mol. The number of hydrogen-bond acceptors (Lipinski definition) is 2. The van der Waals surface area contributed by atoms with Crippen molar-refractivity contribution in [2.24, 2.45) is 5.41 Å². The van der Waals surface area contributed by atoms with Gasteiger partial charge in [-0.3, -0.25) is 0 Å². The highest BCUT2D eigenvalue weighted by atomic mass is 15.1. The second-order valence-electron chi connectivity index (χ2n) is 6.19. The van der Waals surface area contributed by atoms with Gasteiger partial charge in [-0.15, -0.1) is 0 Å². The van der Waals surface area contributed by atoms with E-state index < -0.39 is 0 Å². The van der Waals surface area contributed by atoms with Gasteiger partial charge in [0.2, 0.25) is 0 Å². The minimum Gasteiger partial charge on any atom is -0.320 e. The third-order valence-corrected chi connectivity index (χ3v) is 4.11. The summed E-state index contributed by atoms with van der Waals surface area (Å²) in [4.78, 5) is 2.58. The summed E-state index contributed by atoms with van der Waals surface area (Å²) in [5.74, 6) is 0. The molecule has 1 atom stereocenters. The smallest absolute Gasteiger partial charge is 0.00924 e. The van der Waals surface area contributed by atoms with Crippen LogP contribution in [0.1, 0.15) is 52.4 Å². The van der Waals surface area contributed by atoms with Crippen LogP contribution in [0.4, 0.5) is 0 Å². The zero-order valence-electron chi connectivity index (χ0n) is 11.7. The molecule has 0 aromatic heterocycles. The summed E-state index contributed by atoms with van der Waals surface area (Å²) < 4.78 is 0. The van der Waals surface area contributed by atoms with Crippen molar-refractivity contribution in [2.75, 3.05) is 27.2 Å². The van der Waals surface area contributed by atoms with Gasteiger partial charge in [0, 0.05) is 6.04 Å². The zero-order valence-corrected chi connectivity index (χ0v) is 11.7. The van der Waals surface area contributed by atoms with Crippen LogP contribution in [0.2, 0.25) is 0 Å². The first kappa shape index (κ1) is 14.0. The van der Waals surface area contributed by atoms with Crippen LogP contribution < -0.4 is 5.32 Å². The maximum atomic E-state index is 3.22. The Morgan fingerprint density at radius 3 is 2.69 bits per heavy atom. The molecule has 0 aliphatic heterocycles. The average molecular weight is 226 g/mol. The second kappa shape index (κ2) is 6.61. The van der Waals surface area contributed by atoms with Crippen LogP contribution >= 0.6 is 0 Å². The van der Waals surface area contributed by atoms with Crippen molar-refractivity contribution < 1.29 is 0 Å². The molecule has 2 heteroatoms. The molecule has 0 amide bonds. The largest absolute Gasteiger partial charge is 0.320 e. The van der Waals surface area contributed by atoms with E-state index in [1.165, 1.54) is 45.1 Å². The van der Waals surface area contributed by atoms with Crippen molar-refractivity contribution >= 4 is 0 Å². The summed E-state index contributed by atoms with van der Waals surface area (Å²) >= 11 is 0. The Morgan fingerprint density at radius 1 is 1.25 bits per heavy atom. The van der Waals surface area contributed by atoms with E-state index in [0.717, 1.165) is 12.6 Å². The maximum Gasteiger partial charge on any atom is 0.00924 e. The molecule has 0 bridgehead atoms. The van der Waals surface area contributed by atoms with Gasteiger partial charge in [-0.25, -0.2) is 0 Å². The fourth-order valence-corrected chi connectivity index (χ4v) is 2.77. The third kappa shape index (κ3) is 4.84. The minimum absolute atomic E-state index is 0.584. The summed E-state index contributed by atoms with van der Waals surface area (Å²) in [5, 5.41) is 3.22. The Bertz CT molecular complexity index is 189. The molecule has 1 fully saturated rings. The molecule has 1 N–H and O–H groups in total. The van der Waals surface area contributed by atoms with Crippen LogP contribution in [0.25, 0.3) is 0 Å². The Kier molecular flexibility index (Phi) is 5.77. The first-order valence-electron chi connectivity index (χ1n) is 6.90. The molecular formula is C14H30N2. The normalized spacial score (nSPS) is 25.7. The van der Waals surface area contributed by atoms with E-state index >= 15 is 0 Å². The molecule has 0 aromatic rings. The van der Waals surface area contributed by atoms with Crippen LogP contribution in [0.15, 0.2) is 0 Å². The lowest BCUT2D eigenvalue weighted by Crippen LogP contribution is -2.33. The van der Waals surface area contributed by atoms with E-state index in [1.54, 1.807) is 0 Å². The molecule has 2 nitrogen and oxygen atoms in total. The molecule has 1 unspecified atom stereocenters. The van der Waals surface area contributed by atoms with E-state index in [1.807, 2.05) is 7.05 Å². The van der Waals surface area contributed by atoms with Crippen LogP contribution in [-0.2, 0) is 0 Å². The Balaban J connectivity index is 2.30. The molecule has 16 heavy (non-hydrogen) atoms. The molecule has 1 aliphatic rings. The Labute approximate surface area is 102 Å². The van der Waals surface area contributed by atoms with Crippen LogP contribution in [0.5, 0.6) is 0 Å². The topological polar surface area (TPSA) is 15.3 Å². The van der Waals surface area contributed by atoms with Crippen molar-refractivity contribution in [3.63, 3.8) is 0 Å². The van der Waals surface area contributed by atoms with Gasteiger partial charge < -0.3 is 10.2 Å². The average Bonchev–Trinajstić information content (AvgIpc) is 2.39. The Hall–Kier alpha value is -0.0800. The lowest BCUT2D eigenvalue weighted by Gasteiger charge is -2.28. The third-order valence-electron chi connectivity index (χ3n) is 4.11. The highest BCUT2D eigenvalue weighted by Crippen LogP contribution is 2.34. The SMILES string of the molecule is CNCCCN(C)C1CCCC(C)(C)CC1. The van der Waals surface area contributed by atoms with Crippen LogP contribution in [0, 0.1) is 5.41 Å². The van der Waals surface area contributed by atoms with Gasteiger partial charge in [0.1, 0.15) is 0 Å². The maximum absolute atomic E-state index is 3.22. The monoisotopic (exact) mass is 226 g/mol. The highest BCUT2D eigenvalue weighted by molar-refractivity contribution is 4.80. The molecule has 1 rings (SSSR count). The fraction of sp³-hybridized carbons (Fsp3) is 1.00. The molecule has 1 aliphatic carbocycles. The van der Waals surface area contributed by atoms with Gasteiger partial charge in [0.15, 0.2) is 0 Å². The predicted octanol–water partition coefficient (Wildman–Crippen LogP) is 2.89. The summed E-state index contributed by atoms with van der Waals surface area (Å²) in [6, 6.07) is 0.832. The van der Waals surface area contributed by atoms with E-state index in [0.29, 0.717) is 5.41 Å². The van der Waals surface area contributed by atoms with Crippen molar-refractivity contribution in [3.8, 4) is 0 Å². The van der Waals surface area contributed by atoms with E-state index in [-0.39, 0.29) is 0 Å². The van der Waals surface area contributed by atoms with Gasteiger partial charge in [0.25, 0.3) is 0 Å². The lowest BCUT2D eigenvalue weighted by atomic mass is 9.85.